The van der Waals surface area contributed by atoms with Gasteiger partial charge in [0.25, 0.3) is 5.91 Å². The molecule has 0 aliphatic carbocycles. The van der Waals surface area contributed by atoms with Gasteiger partial charge >= 0.3 is 6.03 Å². The first-order valence-electron chi connectivity index (χ1n) is 6.08. The van der Waals surface area contributed by atoms with Crippen LogP contribution in [0.1, 0.15) is 19.8 Å². The molecule has 5 nitrogen and oxygen atoms in total. The minimum atomic E-state index is -0.488. The Kier molecular flexibility index (Phi) is 6.95. The van der Waals surface area contributed by atoms with E-state index >= 15 is 0 Å². The first-order chi connectivity index (χ1) is 9.11. The lowest BCUT2D eigenvalue weighted by Crippen LogP contribution is -2.41. The molecule has 19 heavy (non-hydrogen) atoms. The fraction of sp³-hybridized carbons (Fsp3) is 0.385. The molecule has 1 rings (SSSR count). The van der Waals surface area contributed by atoms with E-state index < -0.39 is 11.9 Å². The molecule has 0 aliphatic rings. The van der Waals surface area contributed by atoms with Gasteiger partial charge in [-0.3, -0.25) is 10.1 Å². The van der Waals surface area contributed by atoms with E-state index in [-0.39, 0.29) is 6.61 Å². The van der Waals surface area contributed by atoms with E-state index in [9.17, 15) is 9.59 Å². The minimum Gasteiger partial charge on any atom is -0.484 e. The largest absolute Gasteiger partial charge is 0.484 e. The predicted molar refractivity (Wildman–Crippen MR) is 76.1 cm³/mol. The summed E-state index contributed by atoms with van der Waals surface area (Å²) in [4.78, 5) is 22.7. The van der Waals surface area contributed by atoms with Gasteiger partial charge in [-0.2, -0.15) is 0 Å². The van der Waals surface area contributed by atoms with Crippen molar-refractivity contribution in [3.63, 3.8) is 0 Å². The number of hydrogen-bond donors (Lipinski definition) is 2. The average Bonchev–Trinajstić information content (AvgIpc) is 2.38. The molecule has 1 aromatic carbocycles. The molecule has 0 fully saturated rings. The molecular weight excluding hydrogens is 312 g/mol. The van der Waals surface area contributed by atoms with E-state index in [1.807, 2.05) is 19.1 Å². The molecule has 0 bridgehead atoms. The molecule has 2 N–H and O–H groups in total. The molecule has 6 heteroatoms. The summed E-state index contributed by atoms with van der Waals surface area (Å²) in [5, 5.41) is 4.78. The van der Waals surface area contributed by atoms with Crippen LogP contribution in [0, 0.1) is 0 Å². The van der Waals surface area contributed by atoms with Crippen LogP contribution in [-0.2, 0) is 4.79 Å². The number of carbonyl (C=O) groups excluding carboxylic acids is 2. The summed E-state index contributed by atoms with van der Waals surface area (Å²) in [7, 11) is 0. The molecule has 0 spiro atoms. The third-order valence-electron chi connectivity index (χ3n) is 2.25. The fourth-order valence-corrected chi connectivity index (χ4v) is 1.53. The normalized spacial score (nSPS) is 9.79. The van der Waals surface area contributed by atoms with Gasteiger partial charge in [0.05, 0.1) is 0 Å². The Hall–Kier alpha value is -1.56. The van der Waals surface area contributed by atoms with Gasteiger partial charge in [-0.05, 0) is 30.7 Å². The zero-order valence-electron chi connectivity index (χ0n) is 10.7. The Morgan fingerprint density at radius 1 is 1.26 bits per heavy atom. The second kappa shape index (κ2) is 8.53. The van der Waals surface area contributed by atoms with Gasteiger partial charge in [-0.1, -0.05) is 29.3 Å². The van der Waals surface area contributed by atoms with Crippen LogP contribution >= 0.6 is 15.9 Å². The number of carbonyl (C=O) groups is 2. The lowest BCUT2D eigenvalue weighted by Gasteiger charge is -2.07. The molecular formula is C13H17BrN2O3. The van der Waals surface area contributed by atoms with Crippen LogP contribution in [0.25, 0.3) is 0 Å². The summed E-state index contributed by atoms with van der Waals surface area (Å²) in [6.45, 7) is 2.39. The number of imide groups is 1. The van der Waals surface area contributed by atoms with Crippen molar-refractivity contribution in [1.82, 2.24) is 10.6 Å². The van der Waals surface area contributed by atoms with Gasteiger partial charge in [0.2, 0.25) is 0 Å². The first-order valence-corrected chi connectivity index (χ1v) is 6.87. The van der Waals surface area contributed by atoms with E-state index in [0.717, 1.165) is 17.3 Å². The second-order valence-electron chi connectivity index (χ2n) is 3.90. The summed E-state index contributed by atoms with van der Waals surface area (Å²) in [5.41, 5.74) is 0. The Balaban J connectivity index is 2.24. The molecule has 1 aromatic rings. The van der Waals surface area contributed by atoms with E-state index in [4.69, 9.17) is 4.74 Å². The van der Waals surface area contributed by atoms with Crippen LogP contribution in [0.4, 0.5) is 4.79 Å². The SMILES string of the molecule is CCCCNC(=O)NC(=O)COc1ccc(Br)cc1. The maximum Gasteiger partial charge on any atom is 0.321 e. The molecule has 3 amide bonds. The smallest absolute Gasteiger partial charge is 0.321 e. The summed E-state index contributed by atoms with van der Waals surface area (Å²) in [6.07, 6.45) is 1.87. The van der Waals surface area contributed by atoms with Crippen LogP contribution < -0.4 is 15.4 Å². The zero-order chi connectivity index (χ0) is 14.1. The van der Waals surface area contributed by atoms with Crippen LogP contribution in [-0.4, -0.2) is 25.1 Å². The minimum absolute atomic E-state index is 0.192. The van der Waals surface area contributed by atoms with Gasteiger partial charge < -0.3 is 10.1 Å². The predicted octanol–water partition coefficient (Wildman–Crippen LogP) is 2.45. The number of amides is 3. The van der Waals surface area contributed by atoms with Crippen molar-refractivity contribution in [3.8, 4) is 5.75 Å². The van der Waals surface area contributed by atoms with Crippen molar-refractivity contribution in [2.75, 3.05) is 13.2 Å². The van der Waals surface area contributed by atoms with Gasteiger partial charge in [0, 0.05) is 11.0 Å². The fourth-order valence-electron chi connectivity index (χ4n) is 1.27. The number of hydrogen-bond acceptors (Lipinski definition) is 3. The maximum atomic E-state index is 11.4. The van der Waals surface area contributed by atoms with Gasteiger partial charge in [-0.25, -0.2) is 4.79 Å². The third-order valence-corrected chi connectivity index (χ3v) is 2.78. The van der Waals surface area contributed by atoms with Crippen molar-refractivity contribution in [1.29, 1.82) is 0 Å². The van der Waals surface area contributed by atoms with Gasteiger partial charge in [0.15, 0.2) is 6.61 Å². The number of ether oxygens (including phenoxy) is 1. The Morgan fingerprint density at radius 2 is 1.95 bits per heavy atom. The molecule has 0 radical (unpaired) electrons. The van der Waals surface area contributed by atoms with Crippen LogP contribution in [0.15, 0.2) is 28.7 Å². The van der Waals surface area contributed by atoms with Gasteiger partial charge in [0.1, 0.15) is 5.75 Å². The van der Waals surface area contributed by atoms with Crippen LogP contribution in [0.5, 0.6) is 5.75 Å². The first kappa shape index (κ1) is 15.5. The molecule has 0 saturated carbocycles. The van der Waals surface area contributed by atoms with Gasteiger partial charge in [-0.15, -0.1) is 0 Å². The Labute approximate surface area is 120 Å². The summed E-state index contributed by atoms with van der Waals surface area (Å²) in [6, 6.07) is 6.60. The molecule has 0 atom stereocenters. The Bertz CT molecular complexity index is 420. The lowest BCUT2D eigenvalue weighted by atomic mass is 10.3. The van der Waals surface area contributed by atoms with Crippen molar-refractivity contribution in [2.45, 2.75) is 19.8 Å². The highest BCUT2D eigenvalue weighted by Gasteiger charge is 2.07. The number of halogens is 1. The number of benzene rings is 1. The summed E-state index contributed by atoms with van der Waals surface area (Å²) < 4.78 is 6.17. The van der Waals surface area contributed by atoms with Crippen molar-refractivity contribution in [2.24, 2.45) is 0 Å². The van der Waals surface area contributed by atoms with E-state index in [0.29, 0.717) is 12.3 Å². The highest BCUT2D eigenvalue weighted by atomic mass is 79.9. The molecule has 0 aromatic heterocycles. The molecule has 0 unspecified atom stereocenters. The van der Waals surface area contributed by atoms with E-state index in [2.05, 4.69) is 26.6 Å². The van der Waals surface area contributed by atoms with E-state index in [1.165, 1.54) is 0 Å². The number of urea groups is 1. The third kappa shape index (κ3) is 6.81. The monoisotopic (exact) mass is 328 g/mol. The lowest BCUT2D eigenvalue weighted by molar-refractivity contribution is -0.122. The summed E-state index contributed by atoms with van der Waals surface area (Å²) >= 11 is 3.30. The highest BCUT2D eigenvalue weighted by molar-refractivity contribution is 9.10. The summed E-state index contributed by atoms with van der Waals surface area (Å²) in [5.74, 6) is 0.0988. The zero-order valence-corrected chi connectivity index (χ0v) is 12.3. The topological polar surface area (TPSA) is 67.4 Å². The molecule has 104 valence electrons. The highest BCUT2D eigenvalue weighted by Crippen LogP contribution is 2.15. The van der Waals surface area contributed by atoms with Crippen molar-refractivity contribution in [3.05, 3.63) is 28.7 Å². The standard InChI is InChI=1S/C13H17BrN2O3/c1-2-3-8-15-13(18)16-12(17)9-19-11-6-4-10(14)5-7-11/h4-7H,2-3,8-9H2,1H3,(H2,15,16,17,18). The molecule has 0 heterocycles. The second-order valence-corrected chi connectivity index (χ2v) is 4.82. The number of nitrogens with one attached hydrogen (secondary N) is 2. The van der Waals surface area contributed by atoms with Crippen molar-refractivity contribution < 1.29 is 14.3 Å². The molecule has 0 saturated heterocycles. The Morgan fingerprint density at radius 3 is 2.58 bits per heavy atom. The van der Waals surface area contributed by atoms with Crippen LogP contribution in [0.2, 0.25) is 0 Å². The van der Waals surface area contributed by atoms with Crippen LogP contribution in [0.3, 0.4) is 0 Å². The average molecular weight is 329 g/mol. The molecule has 0 aliphatic heterocycles. The van der Waals surface area contributed by atoms with E-state index in [1.54, 1.807) is 12.1 Å². The number of unbranched alkanes of at least 4 members (excludes halogenated alkanes) is 1. The van der Waals surface area contributed by atoms with Crippen molar-refractivity contribution >= 4 is 27.9 Å². The maximum absolute atomic E-state index is 11.4. The number of rotatable bonds is 6. The quantitative estimate of drug-likeness (QED) is 0.788.